The van der Waals surface area contributed by atoms with Crippen LogP contribution in [0.2, 0.25) is 0 Å². The molecule has 0 unspecified atom stereocenters. The number of H-pyrrole nitrogens is 1. The number of fused-ring (bicyclic) bond motifs is 1. The average molecular weight is 515 g/mol. The summed E-state index contributed by atoms with van der Waals surface area (Å²) in [5.74, 6) is 1.05. The molecule has 0 aliphatic rings. The van der Waals surface area contributed by atoms with E-state index in [2.05, 4.69) is 35.2 Å². The Kier molecular flexibility index (Phi) is 5.97. The van der Waals surface area contributed by atoms with Crippen LogP contribution in [0.1, 0.15) is 22.9 Å². The monoisotopic (exact) mass is 515 g/mol. The summed E-state index contributed by atoms with van der Waals surface area (Å²) in [7, 11) is 0. The smallest absolute Gasteiger partial charge is 0.348 e. The minimum Gasteiger partial charge on any atom is -0.348 e. The van der Waals surface area contributed by atoms with Gasteiger partial charge < -0.3 is 10.3 Å². The van der Waals surface area contributed by atoms with E-state index in [9.17, 15) is 26.3 Å². The highest BCUT2D eigenvalue weighted by molar-refractivity contribution is 5.93. The fourth-order valence-corrected chi connectivity index (χ4v) is 3.68. The van der Waals surface area contributed by atoms with Crippen molar-refractivity contribution < 1.29 is 26.3 Å². The maximum Gasteiger partial charge on any atom is 0.433 e. The van der Waals surface area contributed by atoms with Crippen LogP contribution >= 0.6 is 0 Å². The van der Waals surface area contributed by atoms with Gasteiger partial charge in [0.2, 0.25) is 0 Å². The van der Waals surface area contributed by atoms with Gasteiger partial charge in [0.1, 0.15) is 23.2 Å². The predicted molar refractivity (Wildman–Crippen MR) is 122 cm³/mol. The molecule has 0 spiro atoms. The number of nitrogens with one attached hydrogen (secondary N) is 2. The predicted octanol–water partition coefficient (Wildman–Crippen LogP) is 6.18. The number of anilines is 2. The van der Waals surface area contributed by atoms with Gasteiger partial charge in [-0.3, -0.25) is 4.98 Å². The first-order chi connectivity index (χ1) is 17.6. The lowest BCUT2D eigenvalue weighted by Gasteiger charge is -2.14. The first-order valence-electron chi connectivity index (χ1n) is 10.7. The fourth-order valence-electron chi connectivity index (χ4n) is 3.68. The van der Waals surface area contributed by atoms with Crippen LogP contribution in [0, 0.1) is 0 Å². The molecule has 5 aromatic rings. The first kappa shape index (κ1) is 24.2. The highest BCUT2D eigenvalue weighted by atomic mass is 19.4. The number of hydrogen-bond donors (Lipinski definition) is 2. The Morgan fingerprint density at radius 2 is 1.68 bits per heavy atom. The minimum atomic E-state index is -4.61. The highest BCUT2D eigenvalue weighted by Gasteiger charge is 2.34. The molecule has 188 valence electrons. The molecule has 7 nitrogen and oxygen atoms in total. The molecule has 2 N–H and O–H groups in total. The molecular formula is C24H15F6N7. The number of halogens is 6. The molecule has 0 saturated carbocycles. The zero-order valence-corrected chi connectivity index (χ0v) is 18.6. The van der Waals surface area contributed by atoms with E-state index in [-0.39, 0.29) is 35.0 Å². The van der Waals surface area contributed by atoms with E-state index in [1.54, 1.807) is 12.4 Å². The van der Waals surface area contributed by atoms with Gasteiger partial charge in [0.05, 0.1) is 35.1 Å². The molecule has 0 amide bonds. The SMILES string of the molecule is FC(F)(F)c1ccc(Nc2nc(Cc3ncc[nH]3)nc3cc(-c4ncccc4C(F)(F)F)ccc23)cn1. The Morgan fingerprint density at radius 1 is 0.838 bits per heavy atom. The summed E-state index contributed by atoms with van der Waals surface area (Å²) in [6.07, 6.45) is -3.60. The highest BCUT2D eigenvalue weighted by Crippen LogP contribution is 2.37. The third kappa shape index (κ3) is 5.20. The maximum atomic E-state index is 13.6. The summed E-state index contributed by atoms with van der Waals surface area (Å²) in [6.45, 7) is 0. The summed E-state index contributed by atoms with van der Waals surface area (Å²) >= 11 is 0. The average Bonchev–Trinajstić information content (AvgIpc) is 3.36. The maximum absolute atomic E-state index is 13.6. The van der Waals surface area contributed by atoms with Crippen LogP contribution in [0.4, 0.5) is 37.8 Å². The summed E-state index contributed by atoms with van der Waals surface area (Å²) in [6, 6.07) is 8.61. The van der Waals surface area contributed by atoms with Crippen molar-refractivity contribution in [3.63, 3.8) is 0 Å². The topological polar surface area (TPSA) is 92.3 Å². The summed E-state index contributed by atoms with van der Waals surface area (Å²) in [5.41, 5.74) is -1.49. The molecular weight excluding hydrogens is 500 g/mol. The fraction of sp³-hybridized carbons (Fsp3) is 0.125. The second kappa shape index (κ2) is 9.15. The van der Waals surface area contributed by atoms with E-state index in [4.69, 9.17) is 0 Å². The molecule has 0 aliphatic heterocycles. The van der Waals surface area contributed by atoms with Crippen molar-refractivity contribution >= 4 is 22.4 Å². The zero-order valence-electron chi connectivity index (χ0n) is 18.6. The van der Waals surface area contributed by atoms with Crippen molar-refractivity contribution in [1.29, 1.82) is 0 Å². The lowest BCUT2D eigenvalue weighted by Crippen LogP contribution is -2.09. The van der Waals surface area contributed by atoms with Crippen molar-refractivity contribution in [1.82, 2.24) is 29.9 Å². The van der Waals surface area contributed by atoms with Crippen LogP contribution in [-0.4, -0.2) is 29.9 Å². The number of nitrogens with zero attached hydrogens (tertiary/aromatic N) is 5. The molecule has 5 rings (SSSR count). The van der Waals surface area contributed by atoms with Gasteiger partial charge in [-0.15, -0.1) is 0 Å². The van der Waals surface area contributed by atoms with Crippen molar-refractivity contribution in [3.05, 3.63) is 90.2 Å². The Labute approximate surface area is 204 Å². The summed E-state index contributed by atoms with van der Waals surface area (Å²) in [4.78, 5) is 23.4. The Morgan fingerprint density at radius 3 is 2.35 bits per heavy atom. The molecule has 0 radical (unpaired) electrons. The zero-order chi connectivity index (χ0) is 26.2. The van der Waals surface area contributed by atoms with Crippen molar-refractivity contribution in [2.75, 3.05) is 5.32 Å². The van der Waals surface area contributed by atoms with Gasteiger partial charge >= 0.3 is 12.4 Å². The molecule has 13 heteroatoms. The second-order valence-electron chi connectivity index (χ2n) is 7.89. The van der Waals surface area contributed by atoms with Gasteiger partial charge in [-0.1, -0.05) is 6.07 Å². The summed E-state index contributed by atoms with van der Waals surface area (Å²) in [5, 5.41) is 3.36. The lowest BCUT2D eigenvalue weighted by molar-refractivity contribution is -0.141. The van der Waals surface area contributed by atoms with Crippen LogP contribution in [0.15, 0.2) is 67.3 Å². The van der Waals surface area contributed by atoms with Gasteiger partial charge in [-0.2, -0.15) is 26.3 Å². The normalized spacial score (nSPS) is 12.2. The van der Waals surface area contributed by atoms with Crippen molar-refractivity contribution in [2.24, 2.45) is 0 Å². The van der Waals surface area contributed by atoms with E-state index in [1.165, 1.54) is 36.5 Å². The number of alkyl halides is 6. The third-order valence-corrected chi connectivity index (χ3v) is 5.33. The minimum absolute atomic E-state index is 0.171. The molecule has 4 aromatic heterocycles. The van der Waals surface area contributed by atoms with E-state index in [0.29, 0.717) is 16.7 Å². The largest absolute Gasteiger partial charge is 0.433 e. The van der Waals surface area contributed by atoms with E-state index in [1.807, 2.05) is 0 Å². The van der Waals surface area contributed by atoms with Crippen LogP contribution in [0.25, 0.3) is 22.2 Å². The second-order valence-corrected chi connectivity index (χ2v) is 7.89. The quantitative estimate of drug-likeness (QED) is 0.272. The lowest BCUT2D eigenvalue weighted by atomic mass is 10.0. The Bertz CT molecular complexity index is 1550. The number of hydrogen-bond acceptors (Lipinski definition) is 6. The molecule has 4 heterocycles. The molecule has 1 aromatic carbocycles. The van der Waals surface area contributed by atoms with Gasteiger partial charge in [0.25, 0.3) is 0 Å². The molecule has 0 bridgehead atoms. The molecule has 0 fully saturated rings. The number of benzene rings is 1. The number of aromatic amines is 1. The third-order valence-electron chi connectivity index (χ3n) is 5.33. The molecule has 37 heavy (non-hydrogen) atoms. The van der Waals surface area contributed by atoms with E-state index in [0.717, 1.165) is 18.3 Å². The van der Waals surface area contributed by atoms with E-state index < -0.39 is 23.6 Å². The van der Waals surface area contributed by atoms with Crippen LogP contribution in [-0.2, 0) is 18.8 Å². The van der Waals surface area contributed by atoms with Crippen LogP contribution in [0.5, 0.6) is 0 Å². The van der Waals surface area contributed by atoms with Gasteiger partial charge in [-0.25, -0.2) is 19.9 Å². The van der Waals surface area contributed by atoms with E-state index >= 15 is 0 Å². The van der Waals surface area contributed by atoms with Crippen molar-refractivity contribution in [2.45, 2.75) is 18.8 Å². The molecule has 0 atom stereocenters. The molecule has 0 aliphatic carbocycles. The molecule has 0 saturated heterocycles. The summed E-state index contributed by atoms with van der Waals surface area (Å²) < 4.78 is 79.3. The number of rotatable bonds is 5. The number of pyridine rings is 2. The Hall–Kier alpha value is -4.55. The number of imidazole rings is 1. The first-order valence-corrected chi connectivity index (χ1v) is 10.7. The standard InChI is InChI=1S/C24H15F6N7/c25-23(26,27)16-2-1-7-33-21(16)13-3-5-15-17(10-13)36-20(11-19-31-8-9-32-19)37-22(15)35-14-4-6-18(34-12-14)24(28,29)30/h1-10,12H,11H2,(H,31,32)(H,35,36,37). The van der Waals surface area contributed by atoms with Gasteiger partial charge in [-0.05, 0) is 36.4 Å². The van der Waals surface area contributed by atoms with Crippen molar-refractivity contribution in [3.8, 4) is 11.3 Å². The number of aromatic nitrogens is 6. The Balaban J connectivity index is 1.60. The van der Waals surface area contributed by atoms with Crippen LogP contribution < -0.4 is 5.32 Å². The van der Waals surface area contributed by atoms with Gasteiger partial charge in [0, 0.05) is 29.5 Å². The van der Waals surface area contributed by atoms with Gasteiger partial charge in [0.15, 0.2) is 0 Å². The van der Waals surface area contributed by atoms with Crippen LogP contribution in [0.3, 0.4) is 0 Å².